The van der Waals surface area contributed by atoms with E-state index in [1.807, 2.05) is 33.3 Å². The molecule has 0 saturated heterocycles. The Morgan fingerprint density at radius 1 is 0.545 bits per heavy atom. The Balaban J connectivity index is 5.49. The lowest BCUT2D eigenvalue weighted by molar-refractivity contribution is -0.870. The molecule has 0 bridgehead atoms. The van der Waals surface area contributed by atoms with Gasteiger partial charge in [-0.15, -0.1) is 0 Å². The summed E-state index contributed by atoms with van der Waals surface area (Å²) < 4.78 is 30.5. The van der Waals surface area contributed by atoms with Gasteiger partial charge in [0.05, 0.1) is 33.8 Å². The number of unbranched alkanes of at least 4 members (excludes halogenated alkanes) is 24. The molecule has 10 heteroatoms. The zero-order chi connectivity index (χ0) is 48.7. The first-order chi connectivity index (χ1) is 31.9. The molecule has 0 rings (SSSR count). The molecule has 0 aromatic heterocycles. The van der Waals surface area contributed by atoms with Crippen molar-refractivity contribution in [2.45, 2.75) is 245 Å². The van der Waals surface area contributed by atoms with E-state index in [0.717, 1.165) is 96.3 Å². The smallest absolute Gasteiger partial charge is 0.456 e. The lowest BCUT2D eigenvalue weighted by Gasteiger charge is -2.27. The van der Waals surface area contributed by atoms with Crippen LogP contribution in [-0.2, 0) is 27.9 Å². The average molecular weight is 948 g/mol. The molecule has 0 aromatic rings. The van der Waals surface area contributed by atoms with Crippen molar-refractivity contribution in [1.82, 2.24) is 5.32 Å². The summed E-state index contributed by atoms with van der Waals surface area (Å²) in [5, 5.41) is 3.02. The van der Waals surface area contributed by atoms with E-state index in [-0.39, 0.29) is 31.5 Å². The van der Waals surface area contributed by atoms with Gasteiger partial charge in [-0.2, -0.15) is 0 Å². The zero-order valence-corrected chi connectivity index (χ0v) is 44.6. The number of nitrogens with zero attached hydrogens (tertiary/aromatic N) is 1. The molecule has 66 heavy (non-hydrogen) atoms. The van der Waals surface area contributed by atoms with E-state index in [2.05, 4.69) is 74.7 Å². The van der Waals surface area contributed by atoms with Crippen molar-refractivity contribution < 1.29 is 37.3 Å². The number of rotatable bonds is 48. The van der Waals surface area contributed by atoms with E-state index in [0.29, 0.717) is 23.9 Å². The summed E-state index contributed by atoms with van der Waals surface area (Å²) in [6, 6.07) is -0.864. The maximum absolute atomic E-state index is 13.4. The summed E-state index contributed by atoms with van der Waals surface area (Å²) in [6.45, 7) is 6.85. The Morgan fingerprint density at radius 3 is 1.48 bits per heavy atom. The van der Waals surface area contributed by atoms with Crippen molar-refractivity contribution in [1.29, 1.82) is 0 Å². The molecule has 0 aromatic carbocycles. The van der Waals surface area contributed by atoms with Crippen molar-refractivity contribution in [3.05, 3.63) is 60.8 Å². The number of phosphoric acid groups is 1. The highest BCUT2D eigenvalue weighted by molar-refractivity contribution is 7.47. The fourth-order valence-electron chi connectivity index (χ4n) is 7.48. The molecule has 0 heterocycles. The van der Waals surface area contributed by atoms with E-state index in [4.69, 9.17) is 13.8 Å². The second-order valence-corrected chi connectivity index (χ2v) is 20.8. The van der Waals surface area contributed by atoms with Gasteiger partial charge in [0.15, 0.2) is 0 Å². The first-order valence-electron chi connectivity index (χ1n) is 27.1. The molecule has 0 fully saturated rings. The number of likely N-dealkylation sites (N-methyl/N-ethyl adjacent to an activating group) is 1. The Bertz CT molecular complexity index is 1320. The standard InChI is InChI=1S/C56H103N2O7P/c1-7-10-13-16-19-22-25-28-31-34-37-40-43-46-49-56(60)65-54(47-44-41-38-35-32-29-26-23-20-17-14-11-8-2)53(52-64-66(61,62)63-51-50-58(4,5)6)57-55(59)48-45-42-39-36-33-30-27-24-21-18-15-12-9-3/h10,13,19,22,28,30-31,33,44,47,53-54H,7-9,11-12,14-18,20-21,23-27,29,32,34-43,45-46,48-52H2,1-6H3,(H-,57,59,61,62)/p+1/b13-10+,22-19+,31-28+,33-30-,47-44+. The minimum atomic E-state index is -4.45. The second kappa shape index (κ2) is 46.4. The Hall–Kier alpha value is -2.29. The third kappa shape index (κ3) is 46.8. The fraction of sp³-hybridized carbons (Fsp3) is 0.786. The van der Waals surface area contributed by atoms with Gasteiger partial charge < -0.3 is 19.4 Å². The van der Waals surface area contributed by atoms with E-state index < -0.39 is 20.0 Å². The van der Waals surface area contributed by atoms with E-state index in [1.54, 1.807) is 0 Å². The first-order valence-corrected chi connectivity index (χ1v) is 28.6. The van der Waals surface area contributed by atoms with Gasteiger partial charge >= 0.3 is 13.8 Å². The molecule has 3 atom stereocenters. The maximum Gasteiger partial charge on any atom is 0.472 e. The highest BCUT2D eigenvalue weighted by atomic mass is 31.2. The van der Waals surface area contributed by atoms with Gasteiger partial charge in [-0.25, -0.2) is 4.57 Å². The normalized spacial score (nSPS) is 14.3. The van der Waals surface area contributed by atoms with Crippen LogP contribution in [0.1, 0.15) is 233 Å². The molecule has 1 amide bonds. The SMILES string of the molecule is CC/C=C/C/C=C/C/C=C/CCCCCCC(=O)OC(/C=C/CCCCCCCCCCCCC)C(COP(=O)(O)OCC[N+](C)(C)C)NC(=O)CCCCC/C=C\CCCCCCCC. The van der Waals surface area contributed by atoms with Gasteiger partial charge in [0.1, 0.15) is 19.3 Å². The average Bonchev–Trinajstić information content (AvgIpc) is 3.27. The van der Waals surface area contributed by atoms with Crippen LogP contribution in [-0.4, -0.2) is 74.3 Å². The predicted octanol–water partition coefficient (Wildman–Crippen LogP) is 15.9. The van der Waals surface area contributed by atoms with Crippen LogP contribution in [0.5, 0.6) is 0 Å². The number of allylic oxidation sites excluding steroid dienone is 9. The summed E-state index contributed by atoms with van der Waals surface area (Å²) in [4.78, 5) is 37.5. The zero-order valence-electron chi connectivity index (χ0n) is 43.7. The van der Waals surface area contributed by atoms with E-state index in [9.17, 15) is 19.0 Å². The number of amides is 1. The van der Waals surface area contributed by atoms with Crippen molar-refractivity contribution in [3.8, 4) is 0 Å². The van der Waals surface area contributed by atoms with Gasteiger partial charge in [-0.3, -0.25) is 18.6 Å². The molecule has 0 saturated carbocycles. The van der Waals surface area contributed by atoms with Crippen LogP contribution < -0.4 is 5.32 Å². The summed E-state index contributed by atoms with van der Waals surface area (Å²) in [6.07, 6.45) is 56.4. The monoisotopic (exact) mass is 948 g/mol. The molecule has 3 unspecified atom stereocenters. The van der Waals surface area contributed by atoms with Crippen LogP contribution in [0.4, 0.5) is 0 Å². The molecular formula is C56H104N2O7P+. The number of carbonyl (C=O) groups is 2. The minimum Gasteiger partial charge on any atom is -0.456 e. The lowest BCUT2D eigenvalue weighted by Crippen LogP contribution is -2.47. The van der Waals surface area contributed by atoms with Crippen molar-refractivity contribution in [3.63, 3.8) is 0 Å². The van der Waals surface area contributed by atoms with E-state index >= 15 is 0 Å². The number of hydrogen-bond donors (Lipinski definition) is 2. The maximum atomic E-state index is 13.4. The number of phosphoric ester groups is 1. The molecule has 0 aliphatic rings. The van der Waals surface area contributed by atoms with Crippen LogP contribution in [0.2, 0.25) is 0 Å². The molecule has 0 radical (unpaired) electrons. The van der Waals surface area contributed by atoms with Crippen LogP contribution in [0.3, 0.4) is 0 Å². The van der Waals surface area contributed by atoms with Crippen molar-refractivity contribution in [2.75, 3.05) is 40.9 Å². The van der Waals surface area contributed by atoms with Crippen molar-refractivity contribution >= 4 is 19.7 Å². The van der Waals surface area contributed by atoms with Gasteiger partial charge in [-0.05, 0) is 89.5 Å². The number of quaternary nitrogens is 1. The van der Waals surface area contributed by atoms with E-state index in [1.165, 1.54) is 96.3 Å². The summed E-state index contributed by atoms with van der Waals surface area (Å²) in [5.41, 5.74) is 0. The minimum absolute atomic E-state index is 0.0324. The van der Waals surface area contributed by atoms with Crippen LogP contribution in [0.15, 0.2) is 60.8 Å². The number of hydrogen-bond acceptors (Lipinski definition) is 6. The highest BCUT2D eigenvalue weighted by Crippen LogP contribution is 2.43. The predicted molar refractivity (Wildman–Crippen MR) is 282 cm³/mol. The van der Waals surface area contributed by atoms with Gasteiger partial charge in [0.2, 0.25) is 5.91 Å². The highest BCUT2D eigenvalue weighted by Gasteiger charge is 2.30. The number of nitrogens with one attached hydrogen (secondary N) is 1. The topological polar surface area (TPSA) is 111 Å². The second-order valence-electron chi connectivity index (χ2n) is 19.4. The van der Waals surface area contributed by atoms with Gasteiger partial charge in [0.25, 0.3) is 0 Å². The summed E-state index contributed by atoms with van der Waals surface area (Å²) in [7, 11) is 1.47. The Labute approximate surface area is 407 Å². The van der Waals surface area contributed by atoms with Crippen LogP contribution >= 0.6 is 7.82 Å². The summed E-state index contributed by atoms with van der Waals surface area (Å²) in [5.74, 6) is -0.551. The Morgan fingerprint density at radius 2 is 0.970 bits per heavy atom. The lowest BCUT2D eigenvalue weighted by atomic mass is 10.0. The van der Waals surface area contributed by atoms with Gasteiger partial charge in [0, 0.05) is 12.8 Å². The molecule has 0 aliphatic carbocycles. The third-order valence-corrected chi connectivity index (χ3v) is 12.7. The molecule has 0 aliphatic heterocycles. The van der Waals surface area contributed by atoms with Crippen LogP contribution in [0.25, 0.3) is 0 Å². The molecule has 9 nitrogen and oxygen atoms in total. The number of ether oxygens (including phenoxy) is 1. The largest absolute Gasteiger partial charge is 0.472 e. The number of esters is 1. The van der Waals surface area contributed by atoms with Gasteiger partial charge in [-0.1, -0.05) is 191 Å². The molecule has 2 N–H and O–H groups in total. The Kier molecular flexibility index (Phi) is 44.8. The quantitative estimate of drug-likeness (QED) is 0.0205. The molecule has 0 spiro atoms. The molecular weight excluding hydrogens is 844 g/mol. The summed E-state index contributed by atoms with van der Waals surface area (Å²) >= 11 is 0. The number of carbonyl (C=O) groups excluding carboxylic acids is 2. The van der Waals surface area contributed by atoms with Crippen molar-refractivity contribution in [2.24, 2.45) is 0 Å². The molecule has 384 valence electrons. The third-order valence-electron chi connectivity index (χ3n) is 11.7. The first kappa shape index (κ1) is 63.7. The fourth-order valence-corrected chi connectivity index (χ4v) is 8.21. The van der Waals surface area contributed by atoms with Crippen LogP contribution in [0, 0.1) is 0 Å².